The van der Waals surface area contributed by atoms with Gasteiger partial charge in [0.05, 0.1) is 4.47 Å². The summed E-state index contributed by atoms with van der Waals surface area (Å²) in [7, 11) is -3.91. The maximum Gasteiger partial charge on any atom is 0.339 e. The van der Waals surface area contributed by atoms with Crippen LogP contribution < -0.4 is 4.18 Å². The zero-order chi connectivity index (χ0) is 15.8. The van der Waals surface area contributed by atoms with Gasteiger partial charge < -0.3 is 4.18 Å². The standard InChI is InChI=1S/C15H14BrClO3S/c1-9-4-5-14(12(16)6-9)20-21(18,19)15-8-10(2)13(17)7-11(15)3/h4-8H,1-3H3. The van der Waals surface area contributed by atoms with Gasteiger partial charge in [-0.1, -0.05) is 17.7 Å². The van der Waals surface area contributed by atoms with Gasteiger partial charge in [0.15, 0.2) is 5.75 Å². The summed E-state index contributed by atoms with van der Waals surface area (Å²) in [5, 5.41) is 0.531. The van der Waals surface area contributed by atoms with Gasteiger partial charge in [-0.2, -0.15) is 8.42 Å². The summed E-state index contributed by atoms with van der Waals surface area (Å²) >= 11 is 9.30. The zero-order valence-electron chi connectivity index (χ0n) is 11.8. The van der Waals surface area contributed by atoms with Crippen molar-refractivity contribution in [3.05, 3.63) is 56.5 Å². The molecule has 0 bridgehead atoms. The van der Waals surface area contributed by atoms with E-state index in [1.165, 1.54) is 6.07 Å². The summed E-state index contributed by atoms with van der Waals surface area (Å²) < 4.78 is 30.7. The molecule has 0 spiro atoms. The molecule has 0 amide bonds. The Morgan fingerprint density at radius 1 is 1.05 bits per heavy atom. The van der Waals surface area contributed by atoms with Crippen LogP contribution in [0.3, 0.4) is 0 Å². The van der Waals surface area contributed by atoms with Gasteiger partial charge in [-0.15, -0.1) is 0 Å². The van der Waals surface area contributed by atoms with E-state index in [-0.39, 0.29) is 10.6 Å². The Bertz CT molecular complexity index is 801. The lowest BCUT2D eigenvalue weighted by atomic mass is 10.2. The number of benzene rings is 2. The summed E-state index contributed by atoms with van der Waals surface area (Å²) in [5.41, 5.74) is 2.24. The predicted molar refractivity (Wildman–Crippen MR) is 87.6 cm³/mol. The van der Waals surface area contributed by atoms with Crippen LogP contribution in [0, 0.1) is 20.8 Å². The highest BCUT2D eigenvalue weighted by Gasteiger charge is 2.21. The van der Waals surface area contributed by atoms with E-state index >= 15 is 0 Å². The largest absolute Gasteiger partial charge is 0.378 e. The lowest BCUT2D eigenvalue weighted by Gasteiger charge is -2.12. The van der Waals surface area contributed by atoms with Gasteiger partial charge in [-0.3, -0.25) is 0 Å². The monoisotopic (exact) mass is 388 g/mol. The van der Waals surface area contributed by atoms with Gasteiger partial charge in [-0.25, -0.2) is 0 Å². The first-order valence-corrected chi connectivity index (χ1v) is 8.76. The van der Waals surface area contributed by atoms with Gasteiger partial charge in [0.1, 0.15) is 4.90 Å². The van der Waals surface area contributed by atoms with E-state index < -0.39 is 10.1 Å². The SMILES string of the molecule is Cc1ccc(OS(=O)(=O)c2cc(C)c(Cl)cc2C)c(Br)c1. The van der Waals surface area contributed by atoms with E-state index in [0.29, 0.717) is 20.6 Å². The maximum atomic E-state index is 12.4. The van der Waals surface area contributed by atoms with Crippen molar-refractivity contribution >= 4 is 37.6 Å². The molecule has 0 heterocycles. The second-order valence-electron chi connectivity index (χ2n) is 4.84. The molecular formula is C15H14BrClO3S. The third-order valence-electron chi connectivity index (χ3n) is 3.01. The molecule has 112 valence electrons. The van der Waals surface area contributed by atoms with Crippen molar-refractivity contribution in [2.24, 2.45) is 0 Å². The molecule has 21 heavy (non-hydrogen) atoms. The average molecular weight is 390 g/mol. The predicted octanol–water partition coefficient (Wildman–Crippen LogP) is 4.80. The molecule has 2 rings (SSSR count). The van der Waals surface area contributed by atoms with Crippen molar-refractivity contribution in [1.82, 2.24) is 0 Å². The highest BCUT2D eigenvalue weighted by molar-refractivity contribution is 9.10. The molecule has 0 saturated heterocycles. The van der Waals surface area contributed by atoms with Crippen LogP contribution >= 0.6 is 27.5 Å². The number of halogens is 2. The summed E-state index contributed by atoms with van der Waals surface area (Å²) in [4.78, 5) is 0.122. The first-order valence-electron chi connectivity index (χ1n) is 6.18. The molecule has 0 radical (unpaired) electrons. The van der Waals surface area contributed by atoms with Crippen LogP contribution in [0.4, 0.5) is 0 Å². The van der Waals surface area contributed by atoms with Crippen LogP contribution in [0.15, 0.2) is 39.7 Å². The molecule has 2 aromatic rings. The van der Waals surface area contributed by atoms with Crippen LogP contribution in [0.5, 0.6) is 5.75 Å². The molecule has 6 heteroatoms. The minimum absolute atomic E-state index is 0.122. The fourth-order valence-corrected chi connectivity index (χ4v) is 4.01. The molecule has 0 saturated carbocycles. The third kappa shape index (κ3) is 3.59. The van der Waals surface area contributed by atoms with Gasteiger partial charge in [0, 0.05) is 5.02 Å². The van der Waals surface area contributed by atoms with E-state index in [2.05, 4.69) is 15.9 Å². The topological polar surface area (TPSA) is 43.4 Å². The molecule has 0 fully saturated rings. The van der Waals surface area contributed by atoms with Gasteiger partial charge in [-0.05, 0) is 77.7 Å². The maximum absolute atomic E-state index is 12.4. The number of aryl methyl sites for hydroxylation is 3. The van der Waals surface area contributed by atoms with Crippen LogP contribution in [0.25, 0.3) is 0 Å². The van der Waals surface area contributed by atoms with Crippen LogP contribution in [0.1, 0.15) is 16.7 Å². The van der Waals surface area contributed by atoms with Crippen molar-refractivity contribution in [1.29, 1.82) is 0 Å². The normalized spacial score (nSPS) is 11.5. The Hall–Kier alpha value is -1.04. The van der Waals surface area contributed by atoms with Crippen molar-refractivity contribution in [2.75, 3.05) is 0 Å². The Morgan fingerprint density at radius 2 is 1.71 bits per heavy atom. The van der Waals surface area contributed by atoms with Gasteiger partial charge in [0.2, 0.25) is 0 Å². The first-order chi connectivity index (χ1) is 9.70. The fraction of sp³-hybridized carbons (Fsp3) is 0.200. The van der Waals surface area contributed by atoms with E-state index in [0.717, 1.165) is 5.56 Å². The van der Waals surface area contributed by atoms with Gasteiger partial charge >= 0.3 is 10.1 Å². The molecule has 0 unspecified atom stereocenters. The molecule has 0 N–H and O–H groups in total. The van der Waals surface area contributed by atoms with Gasteiger partial charge in [0.25, 0.3) is 0 Å². The minimum Gasteiger partial charge on any atom is -0.378 e. The Kier molecular flexibility index (Phi) is 4.66. The van der Waals surface area contributed by atoms with E-state index in [1.807, 2.05) is 6.92 Å². The molecule has 0 aliphatic heterocycles. The molecule has 0 aromatic heterocycles. The highest BCUT2D eigenvalue weighted by Crippen LogP contribution is 2.31. The van der Waals surface area contributed by atoms with E-state index in [9.17, 15) is 8.42 Å². The second kappa shape index (κ2) is 5.99. The van der Waals surface area contributed by atoms with Crippen LogP contribution in [-0.4, -0.2) is 8.42 Å². The molecule has 0 aliphatic carbocycles. The summed E-state index contributed by atoms with van der Waals surface area (Å²) in [6, 6.07) is 8.35. The lowest BCUT2D eigenvalue weighted by Crippen LogP contribution is -2.12. The van der Waals surface area contributed by atoms with Crippen molar-refractivity contribution in [3.63, 3.8) is 0 Å². The smallest absolute Gasteiger partial charge is 0.339 e. The van der Waals surface area contributed by atoms with Crippen molar-refractivity contribution in [2.45, 2.75) is 25.7 Å². The average Bonchev–Trinajstić information content (AvgIpc) is 2.37. The summed E-state index contributed by atoms with van der Waals surface area (Å²) in [6.07, 6.45) is 0. The third-order valence-corrected chi connectivity index (χ3v) is 5.42. The molecule has 0 aliphatic rings. The zero-order valence-corrected chi connectivity index (χ0v) is 14.9. The molecule has 2 aromatic carbocycles. The second-order valence-corrected chi connectivity index (χ2v) is 7.61. The Balaban J connectivity index is 2.46. The van der Waals surface area contributed by atoms with Crippen molar-refractivity contribution in [3.8, 4) is 5.75 Å². The minimum atomic E-state index is -3.91. The molecule has 0 atom stereocenters. The lowest BCUT2D eigenvalue weighted by molar-refractivity contribution is 0.484. The number of hydrogen-bond donors (Lipinski definition) is 0. The number of rotatable bonds is 3. The summed E-state index contributed by atoms with van der Waals surface area (Å²) in [5.74, 6) is 0.257. The van der Waals surface area contributed by atoms with Crippen molar-refractivity contribution < 1.29 is 12.6 Å². The Morgan fingerprint density at radius 3 is 2.33 bits per heavy atom. The number of hydrogen-bond acceptors (Lipinski definition) is 3. The summed E-state index contributed by atoms with van der Waals surface area (Å²) in [6.45, 7) is 5.35. The first kappa shape index (κ1) is 16.3. The molecular weight excluding hydrogens is 376 g/mol. The van der Waals surface area contributed by atoms with Crippen LogP contribution in [0.2, 0.25) is 5.02 Å². The molecule has 3 nitrogen and oxygen atoms in total. The Labute approximate surface area is 138 Å². The fourth-order valence-electron chi connectivity index (χ4n) is 1.86. The quantitative estimate of drug-likeness (QED) is 0.709. The van der Waals surface area contributed by atoms with Crippen LogP contribution in [-0.2, 0) is 10.1 Å². The van der Waals surface area contributed by atoms with E-state index in [1.54, 1.807) is 38.1 Å². The van der Waals surface area contributed by atoms with E-state index in [4.69, 9.17) is 15.8 Å². The highest BCUT2D eigenvalue weighted by atomic mass is 79.9.